The van der Waals surface area contributed by atoms with Gasteiger partial charge in [-0.25, -0.2) is 0 Å². The van der Waals surface area contributed by atoms with E-state index in [1.807, 2.05) is 21.1 Å². The monoisotopic (exact) mass is 188 g/mol. The number of likely N-dealkylation sites (N-methyl/N-ethyl adjacent to an activating group) is 1. The normalized spacial score (nSPS) is 13.5. The molecule has 1 N–H and O–H groups in total. The van der Waals surface area contributed by atoms with E-state index < -0.39 is 5.97 Å². The number of ether oxygens (including phenoxy) is 1. The van der Waals surface area contributed by atoms with Crippen molar-refractivity contribution < 1.29 is 19.1 Å². The Kier molecular flexibility index (Phi) is 4.48. The van der Waals surface area contributed by atoms with E-state index in [1.54, 1.807) is 0 Å². The predicted octanol–water partition coefficient (Wildman–Crippen LogP) is 0.696. The Hall–Kier alpha value is -1.03. The van der Waals surface area contributed by atoms with Gasteiger partial charge in [-0.2, -0.15) is 0 Å². The van der Waals surface area contributed by atoms with Gasteiger partial charge in [0.2, 0.25) is 0 Å². The van der Waals surface area contributed by atoms with Crippen LogP contribution in [-0.2, 0) is 9.53 Å². The number of aliphatic carboxylic acids is 1. The topological polar surface area (TPSA) is 46.5 Å². The highest BCUT2D eigenvalue weighted by Gasteiger charge is 2.21. The highest BCUT2D eigenvalue weighted by molar-refractivity contribution is 5.67. The van der Waals surface area contributed by atoms with Gasteiger partial charge in [-0.3, -0.25) is 4.79 Å². The highest BCUT2D eigenvalue weighted by atomic mass is 16.5. The van der Waals surface area contributed by atoms with Crippen molar-refractivity contribution in [1.82, 2.24) is 0 Å². The summed E-state index contributed by atoms with van der Waals surface area (Å²) in [5.41, 5.74) is 0. The summed E-state index contributed by atoms with van der Waals surface area (Å²) in [6.45, 7) is 4.07. The number of carbonyl (C=O) groups is 1. The zero-order chi connectivity index (χ0) is 10.5. The Morgan fingerprint density at radius 1 is 1.62 bits per heavy atom. The fraction of sp³-hybridized carbons (Fsp3) is 0.667. The van der Waals surface area contributed by atoms with Crippen LogP contribution in [-0.4, -0.2) is 49.4 Å². The highest BCUT2D eigenvalue weighted by Crippen LogP contribution is 2.04. The molecule has 0 aliphatic carbocycles. The molecule has 1 atom stereocenters. The van der Waals surface area contributed by atoms with Crippen molar-refractivity contribution in [3.05, 3.63) is 12.8 Å². The van der Waals surface area contributed by atoms with Crippen LogP contribution in [0.15, 0.2) is 12.8 Å². The lowest BCUT2D eigenvalue weighted by Gasteiger charge is -2.27. The van der Waals surface area contributed by atoms with Crippen LogP contribution in [0.4, 0.5) is 0 Å². The Labute approximate surface area is 79.0 Å². The molecule has 0 aromatic carbocycles. The molecule has 0 aliphatic rings. The molecule has 4 heteroatoms. The maximum Gasteiger partial charge on any atom is 0.307 e. The number of hydrogen-bond donors (Lipinski definition) is 1. The van der Waals surface area contributed by atoms with E-state index >= 15 is 0 Å². The molecule has 0 heterocycles. The summed E-state index contributed by atoms with van der Waals surface area (Å²) in [6.07, 6.45) is 1.01. The average Bonchev–Trinajstić information content (AvgIpc) is 1.81. The molecule has 0 fully saturated rings. The molecule has 0 saturated carbocycles. The minimum Gasteiger partial charge on any atom is -0.492 e. The molecule has 0 aliphatic heterocycles. The van der Waals surface area contributed by atoms with Crippen LogP contribution >= 0.6 is 0 Å². The molecule has 0 unspecified atom stereocenters. The first-order chi connectivity index (χ1) is 5.85. The van der Waals surface area contributed by atoms with Gasteiger partial charge >= 0.3 is 5.97 Å². The van der Waals surface area contributed by atoms with Crippen molar-refractivity contribution in [2.45, 2.75) is 12.5 Å². The fourth-order valence-electron chi connectivity index (χ4n) is 1.10. The number of rotatable bonds is 6. The summed E-state index contributed by atoms with van der Waals surface area (Å²) < 4.78 is 5.77. The molecule has 13 heavy (non-hydrogen) atoms. The first kappa shape index (κ1) is 12.0. The first-order valence-corrected chi connectivity index (χ1v) is 4.14. The van der Waals surface area contributed by atoms with Crippen molar-refractivity contribution in [3.63, 3.8) is 0 Å². The minimum absolute atomic E-state index is 0.0154. The van der Waals surface area contributed by atoms with E-state index in [2.05, 4.69) is 6.58 Å². The van der Waals surface area contributed by atoms with Gasteiger partial charge in [0.1, 0.15) is 6.54 Å². The molecular weight excluding hydrogens is 170 g/mol. The van der Waals surface area contributed by atoms with E-state index in [4.69, 9.17) is 9.84 Å². The second kappa shape index (κ2) is 4.87. The SMILES string of the molecule is C=CO[C@H](CC(=O)O)C[N+](C)(C)C. The number of quaternary nitrogens is 1. The summed E-state index contributed by atoms with van der Waals surface area (Å²) in [5.74, 6) is -0.847. The number of carboxylic acids is 1. The average molecular weight is 188 g/mol. The lowest BCUT2D eigenvalue weighted by Crippen LogP contribution is -2.42. The van der Waals surface area contributed by atoms with Gasteiger partial charge in [-0.05, 0) is 0 Å². The summed E-state index contributed by atoms with van der Waals surface area (Å²) in [6, 6.07) is 0. The predicted molar refractivity (Wildman–Crippen MR) is 50.2 cm³/mol. The summed E-state index contributed by atoms with van der Waals surface area (Å²) in [5, 5.41) is 8.59. The van der Waals surface area contributed by atoms with Gasteiger partial charge in [-0.1, -0.05) is 6.58 Å². The van der Waals surface area contributed by atoms with Gasteiger partial charge in [-0.15, -0.1) is 0 Å². The van der Waals surface area contributed by atoms with Crippen molar-refractivity contribution in [1.29, 1.82) is 0 Å². The van der Waals surface area contributed by atoms with Crippen LogP contribution in [0.25, 0.3) is 0 Å². The fourth-order valence-corrected chi connectivity index (χ4v) is 1.10. The molecule has 0 rings (SSSR count). The third-order valence-corrected chi connectivity index (χ3v) is 1.44. The van der Waals surface area contributed by atoms with Gasteiger partial charge in [0.15, 0.2) is 6.10 Å². The standard InChI is InChI=1S/C9H17NO3/c1-5-13-8(6-9(11)12)7-10(2,3)4/h5,8H,1,6-7H2,2-4H3/p+1/t8-/m1/s1. The third kappa shape index (κ3) is 7.33. The van der Waals surface area contributed by atoms with Crippen LogP contribution < -0.4 is 0 Å². The molecular formula is C9H18NO3+. The zero-order valence-corrected chi connectivity index (χ0v) is 8.49. The maximum absolute atomic E-state index is 10.4. The van der Waals surface area contributed by atoms with E-state index in [0.717, 1.165) is 0 Å². The lowest BCUT2D eigenvalue weighted by molar-refractivity contribution is -0.873. The molecule has 4 nitrogen and oxygen atoms in total. The number of hydrogen-bond acceptors (Lipinski definition) is 2. The summed E-state index contributed by atoms with van der Waals surface area (Å²) in [7, 11) is 5.96. The summed E-state index contributed by atoms with van der Waals surface area (Å²) >= 11 is 0. The van der Waals surface area contributed by atoms with Crippen molar-refractivity contribution in [3.8, 4) is 0 Å². The largest absolute Gasteiger partial charge is 0.492 e. The van der Waals surface area contributed by atoms with Crippen LogP contribution in [0.2, 0.25) is 0 Å². The summed E-state index contributed by atoms with van der Waals surface area (Å²) in [4.78, 5) is 10.4. The molecule has 0 saturated heterocycles. The third-order valence-electron chi connectivity index (χ3n) is 1.44. The Morgan fingerprint density at radius 2 is 2.15 bits per heavy atom. The second-order valence-corrected chi connectivity index (χ2v) is 4.00. The minimum atomic E-state index is -0.847. The van der Waals surface area contributed by atoms with Crippen molar-refractivity contribution in [2.75, 3.05) is 27.7 Å². The quantitative estimate of drug-likeness (QED) is 0.493. The van der Waals surface area contributed by atoms with E-state index in [1.165, 1.54) is 6.26 Å². The Bertz CT molecular complexity index is 184. The smallest absolute Gasteiger partial charge is 0.307 e. The molecule has 76 valence electrons. The van der Waals surface area contributed by atoms with Crippen LogP contribution in [0.5, 0.6) is 0 Å². The number of nitrogens with zero attached hydrogens (tertiary/aromatic N) is 1. The van der Waals surface area contributed by atoms with E-state index in [9.17, 15) is 4.79 Å². The van der Waals surface area contributed by atoms with Gasteiger partial charge in [0, 0.05) is 0 Å². The molecule has 0 amide bonds. The van der Waals surface area contributed by atoms with E-state index in [0.29, 0.717) is 11.0 Å². The molecule has 0 spiro atoms. The molecule has 0 aromatic heterocycles. The Morgan fingerprint density at radius 3 is 2.46 bits per heavy atom. The van der Waals surface area contributed by atoms with E-state index in [-0.39, 0.29) is 12.5 Å². The zero-order valence-electron chi connectivity index (χ0n) is 8.49. The molecule has 0 radical (unpaired) electrons. The Balaban J connectivity index is 4.09. The molecule has 0 bridgehead atoms. The van der Waals surface area contributed by atoms with Crippen LogP contribution in [0.3, 0.4) is 0 Å². The van der Waals surface area contributed by atoms with Gasteiger partial charge in [0.05, 0.1) is 33.8 Å². The van der Waals surface area contributed by atoms with Crippen LogP contribution in [0, 0.1) is 0 Å². The van der Waals surface area contributed by atoms with Crippen molar-refractivity contribution >= 4 is 5.97 Å². The van der Waals surface area contributed by atoms with Gasteiger partial charge in [0.25, 0.3) is 0 Å². The number of carboxylic acid groups (broad SMARTS) is 1. The second-order valence-electron chi connectivity index (χ2n) is 4.00. The molecule has 0 aromatic rings. The van der Waals surface area contributed by atoms with Gasteiger partial charge < -0.3 is 14.3 Å². The lowest BCUT2D eigenvalue weighted by atomic mass is 10.2. The van der Waals surface area contributed by atoms with Crippen molar-refractivity contribution in [2.24, 2.45) is 0 Å². The first-order valence-electron chi connectivity index (χ1n) is 4.14. The maximum atomic E-state index is 10.4. The van der Waals surface area contributed by atoms with Crippen LogP contribution in [0.1, 0.15) is 6.42 Å².